The van der Waals surface area contributed by atoms with Crippen LogP contribution in [0.4, 0.5) is 5.82 Å². The third kappa shape index (κ3) is 2.92. The average Bonchev–Trinajstić information content (AvgIpc) is 3.22. The molecule has 9 heteroatoms. The Morgan fingerprint density at radius 1 is 1.33 bits per heavy atom. The van der Waals surface area contributed by atoms with Gasteiger partial charge in [-0.25, -0.2) is 19.6 Å². The monoisotopic (exact) mass is 369 g/mol. The minimum atomic E-state index is -0.363. The van der Waals surface area contributed by atoms with Gasteiger partial charge in [-0.15, -0.1) is 0 Å². The third-order valence-electron chi connectivity index (χ3n) is 5.03. The lowest BCUT2D eigenvalue weighted by Gasteiger charge is -2.28. The van der Waals surface area contributed by atoms with Crippen LogP contribution in [0.1, 0.15) is 37.0 Å². The summed E-state index contributed by atoms with van der Waals surface area (Å²) >= 11 is 0. The summed E-state index contributed by atoms with van der Waals surface area (Å²) in [7, 11) is 3.45. The third-order valence-corrected chi connectivity index (χ3v) is 5.03. The molecule has 4 heterocycles. The second kappa shape index (κ2) is 6.64. The van der Waals surface area contributed by atoms with Crippen LogP contribution in [-0.4, -0.2) is 48.9 Å². The van der Waals surface area contributed by atoms with E-state index in [2.05, 4.69) is 45.4 Å². The Morgan fingerprint density at radius 3 is 2.89 bits per heavy atom. The van der Waals surface area contributed by atoms with Gasteiger partial charge in [-0.1, -0.05) is 13.8 Å². The van der Waals surface area contributed by atoms with E-state index in [1.807, 2.05) is 0 Å². The van der Waals surface area contributed by atoms with Crippen molar-refractivity contribution in [2.45, 2.75) is 39.3 Å². The zero-order valence-electron chi connectivity index (χ0n) is 16.0. The molecule has 0 fully saturated rings. The summed E-state index contributed by atoms with van der Waals surface area (Å²) in [5, 5.41) is 5.12. The Bertz CT molecular complexity index is 1000. The standard InChI is InChI=1S/C18H23N7O2/c1-11(2)16-22-13-8-24(6-5-14(13)23(16)3)17-12-7-21-25(9-15(26)27-4)18(12)20-10-19-17/h7,10-11H,5-6,8-9H2,1-4H3. The summed E-state index contributed by atoms with van der Waals surface area (Å²) in [5.41, 5.74) is 3.02. The highest BCUT2D eigenvalue weighted by Crippen LogP contribution is 2.29. The Morgan fingerprint density at radius 2 is 2.15 bits per heavy atom. The molecular formula is C18H23N7O2. The number of imidazole rings is 1. The summed E-state index contributed by atoms with van der Waals surface area (Å²) in [5.74, 6) is 1.95. The van der Waals surface area contributed by atoms with Crippen LogP contribution < -0.4 is 4.90 Å². The molecule has 0 radical (unpaired) electrons. The SMILES string of the molecule is COC(=O)Cn1ncc2c(N3CCc4c(nc(C(C)C)n4C)C3)ncnc21. The van der Waals surface area contributed by atoms with Crippen LogP contribution in [0.5, 0.6) is 0 Å². The van der Waals surface area contributed by atoms with Crippen LogP contribution in [0, 0.1) is 0 Å². The van der Waals surface area contributed by atoms with Crippen molar-refractivity contribution in [3.8, 4) is 0 Å². The number of hydrogen-bond donors (Lipinski definition) is 0. The maximum atomic E-state index is 11.6. The lowest BCUT2D eigenvalue weighted by Crippen LogP contribution is -2.32. The number of carbonyl (C=O) groups excluding carboxylic acids is 1. The highest BCUT2D eigenvalue weighted by atomic mass is 16.5. The van der Waals surface area contributed by atoms with Crippen molar-refractivity contribution in [2.75, 3.05) is 18.6 Å². The fourth-order valence-corrected chi connectivity index (χ4v) is 3.68. The van der Waals surface area contributed by atoms with Gasteiger partial charge in [0.2, 0.25) is 0 Å². The van der Waals surface area contributed by atoms with E-state index in [1.165, 1.54) is 19.1 Å². The molecule has 142 valence electrons. The van der Waals surface area contributed by atoms with Crippen LogP contribution >= 0.6 is 0 Å². The van der Waals surface area contributed by atoms with Gasteiger partial charge in [0.25, 0.3) is 0 Å². The summed E-state index contributed by atoms with van der Waals surface area (Å²) in [4.78, 5) is 27.4. The van der Waals surface area contributed by atoms with E-state index in [4.69, 9.17) is 9.72 Å². The first-order valence-corrected chi connectivity index (χ1v) is 9.02. The number of aromatic nitrogens is 6. The van der Waals surface area contributed by atoms with Crippen LogP contribution in [0.2, 0.25) is 0 Å². The molecule has 3 aromatic heterocycles. The van der Waals surface area contributed by atoms with Crippen molar-refractivity contribution in [2.24, 2.45) is 7.05 Å². The molecule has 0 bridgehead atoms. The highest BCUT2D eigenvalue weighted by molar-refractivity contribution is 5.87. The smallest absolute Gasteiger partial charge is 0.327 e. The molecule has 4 rings (SSSR count). The molecule has 1 aliphatic rings. The predicted octanol–water partition coefficient (Wildman–Crippen LogP) is 1.42. The zero-order chi connectivity index (χ0) is 19.1. The van der Waals surface area contributed by atoms with Gasteiger partial charge in [-0.3, -0.25) is 4.79 Å². The van der Waals surface area contributed by atoms with E-state index in [9.17, 15) is 4.79 Å². The molecule has 0 unspecified atom stereocenters. The van der Waals surface area contributed by atoms with Crippen molar-refractivity contribution in [3.05, 3.63) is 29.7 Å². The lowest BCUT2D eigenvalue weighted by atomic mass is 10.1. The summed E-state index contributed by atoms with van der Waals surface area (Å²) < 4.78 is 8.49. The highest BCUT2D eigenvalue weighted by Gasteiger charge is 2.26. The first-order valence-electron chi connectivity index (χ1n) is 9.02. The van der Waals surface area contributed by atoms with Crippen LogP contribution in [0.3, 0.4) is 0 Å². The number of rotatable bonds is 4. The van der Waals surface area contributed by atoms with Gasteiger partial charge in [-0.2, -0.15) is 5.10 Å². The Hall–Kier alpha value is -2.97. The minimum absolute atomic E-state index is 0.0264. The molecule has 0 saturated heterocycles. The largest absolute Gasteiger partial charge is 0.468 e. The molecule has 9 nitrogen and oxygen atoms in total. The van der Waals surface area contributed by atoms with Gasteiger partial charge in [0.1, 0.15) is 24.5 Å². The molecule has 3 aromatic rings. The fourth-order valence-electron chi connectivity index (χ4n) is 3.68. The Balaban J connectivity index is 1.67. The van der Waals surface area contributed by atoms with E-state index < -0.39 is 0 Å². The van der Waals surface area contributed by atoms with Crippen molar-refractivity contribution in [1.29, 1.82) is 0 Å². The number of fused-ring (bicyclic) bond motifs is 2. The minimum Gasteiger partial charge on any atom is -0.468 e. The van der Waals surface area contributed by atoms with Gasteiger partial charge in [0.15, 0.2) is 5.65 Å². The Kier molecular flexibility index (Phi) is 4.29. The van der Waals surface area contributed by atoms with Gasteiger partial charge in [0.05, 0.1) is 30.9 Å². The van der Waals surface area contributed by atoms with E-state index in [0.29, 0.717) is 18.1 Å². The molecule has 27 heavy (non-hydrogen) atoms. The van der Waals surface area contributed by atoms with Crippen LogP contribution in [0.15, 0.2) is 12.5 Å². The number of nitrogens with zero attached hydrogens (tertiary/aromatic N) is 7. The van der Waals surface area contributed by atoms with E-state index in [-0.39, 0.29) is 12.5 Å². The quantitative estimate of drug-likeness (QED) is 0.642. The van der Waals surface area contributed by atoms with Crippen molar-refractivity contribution in [1.82, 2.24) is 29.3 Å². The molecule has 0 spiro atoms. The molecular weight excluding hydrogens is 346 g/mol. The summed E-state index contributed by atoms with van der Waals surface area (Å²) in [6.45, 7) is 5.89. The van der Waals surface area contributed by atoms with E-state index in [1.54, 1.807) is 10.9 Å². The van der Waals surface area contributed by atoms with Crippen LogP contribution in [-0.2, 0) is 36.1 Å². The topological polar surface area (TPSA) is 91.0 Å². The number of ether oxygens (including phenoxy) is 1. The fraction of sp³-hybridized carbons (Fsp3) is 0.500. The average molecular weight is 369 g/mol. The molecule has 0 N–H and O–H groups in total. The Labute approximate surface area is 157 Å². The molecule has 0 aliphatic carbocycles. The van der Waals surface area contributed by atoms with E-state index >= 15 is 0 Å². The number of carbonyl (C=O) groups is 1. The second-order valence-electron chi connectivity index (χ2n) is 7.06. The van der Waals surface area contributed by atoms with Crippen LogP contribution in [0.25, 0.3) is 11.0 Å². The van der Waals surface area contributed by atoms with Crippen molar-refractivity contribution >= 4 is 22.8 Å². The number of hydrogen-bond acceptors (Lipinski definition) is 7. The predicted molar refractivity (Wildman–Crippen MR) is 99.4 cm³/mol. The number of anilines is 1. The van der Waals surface area contributed by atoms with Gasteiger partial charge in [-0.05, 0) is 0 Å². The maximum Gasteiger partial charge on any atom is 0.327 e. The lowest BCUT2D eigenvalue weighted by molar-refractivity contribution is -0.141. The second-order valence-corrected chi connectivity index (χ2v) is 7.06. The van der Waals surface area contributed by atoms with Gasteiger partial charge >= 0.3 is 5.97 Å². The molecule has 0 amide bonds. The van der Waals surface area contributed by atoms with Gasteiger partial charge in [0, 0.05) is 31.6 Å². The molecule has 1 aliphatic heterocycles. The molecule has 0 aromatic carbocycles. The zero-order valence-corrected chi connectivity index (χ0v) is 16.0. The first kappa shape index (κ1) is 17.4. The summed E-state index contributed by atoms with van der Waals surface area (Å²) in [6, 6.07) is 0. The van der Waals surface area contributed by atoms with Crippen molar-refractivity contribution in [3.63, 3.8) is 0 Å². The normalized spacial score (nSPS) is 14.0. The first-order chi connectivity index (χ1) is 13.0. The molecule has 0 atom stereocenters. The maximum absolute atomic E-state index is 11.6. The molecule has 0 saturated carbocycles. The summed E-state index contributed by atoms with van der Waals surface area (Å²) in [6.07, 6.45) is 4.13. The van der Waals surface area contributed by atoms with E-state index in [0.717, 1.165) is 35.7 Å². The number of methoxy groups -OCH3 is 1. The number of esters is 1. The van der Waals surface area contributed by atoms with Crippen molar-refractivity contribution < 1.29 is 9.53 Å². The van der Waals surface area contributed by atoms with Gasteiger partial charge < -0.3 is 14.2 Å².